The SMILES string of the molecule is O=C(NCc1ccc(CCCCCCC2CCCCC2)cc1)[C@H](CCCCCC1CCCCC1)NCc1ccccn1. The number of aromatic nitrogens is 1. The van der Waals surface area contributed by atoms with E-state index in [-0.39, 0.29) is 11.9 Å². The van der Waals surface area contributed by atoms with Crippen LogP contribution in [-0.2, 0) is 24.3 Å². The molecule has 0 unspecified atom stereocenters. The van der Waals surface area contributed by atoms with Crippen molar-refractivity contribution < 1.29 is 4.79 Å². The van der Waals surface area contributed by atoms with Crippen molar-refractivity contribution >= 4 is 5.91 Å². The van der Waals surface area contributed by atoms with Crippen molar-refractivity contribution in [1.82, 2.24) is 15.6 Å². The van der Waals surface area contributed by atoms with E-state index in [9.17, 15) is 4.79 Å². The Morgan fingerprint density at radius 3 is 1.95 bits per heavy atom. The summed E-state index contributed by atoms with van der Waals surface area (Å²) in [6.45, 7) is 1.21. The fraction of sp³-hybridized carbons (Fsp3) is 0.684. The number of hydrogen-bond donors (Lipinski definition) is 2. The van der Waals surface area contributed by atoms with Crippen molar-refractivity contribution in [3.05, 3.63) is 65.5 Å². The number of pyridine rings is 1. The van der Waals surface area contributed by atoms with Crippen LogP contribution in [0.2, 0.25) is 0 Å². The summed E-state index contributed by atoms with van der Waals surface area (Å²) in [5, 5.41) is 6.72. The zero-order valence-electron chi connectivity index (χ0n) is 26.5. The van der Waals surface area contributed by atoms with Gasteiger partial charge in [0.05, 0.1) is 11.7 Å². The molecule has 0 spiro atoms. The summed E-state index contributed by atoms with van der Waals surface area (Å²) in [4.78, 5) is 17.7. The molecule has 1 atom stereocenters. The molecule has 2 N–H and O–H groups in total. The molecule has 0 aliphatic heterocycles. The number of carbonyl (C=O) groups excluding carboxylic acids is 1. The first kappa shape index (κ1) is 32.7. The van der Waals surface area contributed by atoms with Crippen molar-refractivity contribution in [3.8, 4) is 0 Å². The third kappa shape index (κ3) is 13.0. The maximum absolute atomic E-state index is 13.3. The van der Waals surface area contributed by atoms with Gasteiger partial charge in [0.2, 0.25) is 5.91 Å². The van der Waals surface area contributed by atoms with Crippen LogP contribution in [0.5, 0.6) is 0 Å². The van der Waals surface area contributed by atoms with Gasteiger partial charge in [-0.2, -0.15) is 0 Å². The number of hydrogen-bond acceptors (Lipinski definition) is 3. The first-order valence-corrected chi connectivity index (χ1v) is 17.7. The number of benzene rings is 1. The lowest BCUT2D eigenvalue weighted by Gasteiger charge is -2.21. The van der Waals surface area contributed by atoms with Crippen molar-refractivity contribution in [2.24, 2.45) is 11.8 Å². The molecular formula is C38H59N3O. The van der Waals surface area contributed by atoms with Gasteiger partial charge in [-0.25, -0.2) is 0 Å². The maximum atomic E-state index is 13.3. The maximum Gasteiger partial charge on any atom is 0.237 e. The van der Waals surface area contributed by atoms with E-state index in [4.69, 9.17) is 0 Å². The number of carbonyl (C=O) groups is 1. The predicted molar refractivity (Wildman–Crippen MR) is 176 cm³/mol. The number of aryl methyl sites for hydroxylation is 1. The average molecular weight is 574 g/mol. The van der Waals surface area contributed by atoms with E-state index in [1.54, 1.807) is 0 Å². The Morgan fingerprint density at radius 1 is 0.690 bits per heavy atom. The second kappa shape index (κ2) is 19.9. The lowest BCUT2D eigenvalue weighted by atomic mass is 9.85. The summed E-state index contributed by atoms with van der Waals surface area (Å²) in [6, 6.07) is 14.7. The third-order valence-electron chi connectivity index (χ3n) is 9.94. The van der Waals surface area contributed by atoms with Gasteiger partial charge in [-0.05, 0) is 54.4 Å². The van der Waals surface area contributed by atoms with E-state index in [1.807, 2.05) is 24.4 Å². The van der Waals surface area contributed by atoms with E-state index in [1.165, 1.54) is 127 Å². The molecule has 232 valence electrons. The molecule has 2 saturated carbocycles. The van der Waals surface area contributed by atoms with Gasteiger partial charge in [-0.3, -0.25) is 9.78 Å². The molecule has 4 heteroatoms. The molecule has 2 aliphatic carbocycles. The molecule has 2 fully saturated rings. The summed E-state index contributed by atoms with van der Waals surface area (Å²) in [7, 11) is 0. The van der Waals surface area contributed by atoms with E-state index >= 15 is 0 Å². The normalized spacial score (nSPS) is 17.2. The minimum Gasteiger partial charge on any atom is -0.351 e. The number of amides is 1. The molecule has 42 heavy (non-hydrogen) atoms. The molecule has 1 heterocycles. The van der Waals surface area contributed by atoms with Gasteiger partial charge >= 0.3 is 0 Å². The first-order chi connectivity index (χ1) is 20.8. The minimum absolute atomic E-state index is 0.107. The predicted octanol–water partition coefficient (Wildman–Crippen LogP) is 9.46. The Balaban J connectivity index is 1.13. The van der Waals surface area contributed by atoms with Gasteiger partial charge in [0.1, 0.15) is 0 Å². The molecule has 4 nitrogen and oxygen atoms in total. The zero-order chi connectivity index (χ0) is 29.1. The Bertz CT molecular complexity index is 964. The molecule has 2 aliphatic rings. The van der Waals surface area contributed by atoms with Crippen molar-refractivity contribution in [2.45, 2.75) is 154 Å². The van der Waals surface area contributed by atoms with Gasteiger partial charge in [0.15, 0.2) is 0 Å². The van der Waals surface area contributed by atoms with E-state index < -0.39 is 0 Å². The largest absolute Gasteiger partial charge is 0.351 e. The topological polar surface area (TPSA) is 54.0 Å². The van der Waals surface area contributed by atoms with Crippen LogP contribution in [0.4, 0.5) is 0 Å². The monoisotopic (exact) mass is 573 g/mol. The van der Waals surface area contributed by atoms with Gasteiger partial charge in [0, 0.05) is 19.3 Å². The summed E-state index contributed by atoms with van der Waals surface area (Å²) in [5.41, 5.74) is 3.57. The highest BCUT2D eigenvalue weighted by Gasteiger charge is 2.18. The van der Waals surface area contributed by atoms with Gasteiger partial charge in [0.25, 0.3) is 0 Å². The van der Waals surface area contributed by atoms with E-state index in [2.05, 4.69) is 39.9 Å². The smallest absolute Gasteiger partial charge is 0.237 e. The molecule has 1 aromatic heterocycles. The second-order valence-corrected chi connectivity index (χ2v) is 13.4. The first-order valence-electron chi connectivity index (χ1n) is 17.7. The lowest BCUT2D eigenvalue weighted by Crippen LogP contribution is -2.43. The standard InChI is InChI=1S/C38H59N3O/c42-38(37(40-31-36-23-14-15-29-39-36)24-13-5-12-21-33-19-10-4-11-20-33)41-30-35-27-25-34(26-28-35)22-7-2-1-6-16-32-17-8-3-9-18-32/h14-15,23,25-29,32-33,37,40H,1-13,16-22,24,30-31H2,(H,41,42)/t37-/m0/s1. The Hall–Kier alpha value is -2.20. The molecule has 1 amide bonds. The third-order valence-corrected chi connectivity index (χ3v) is 9.94. The number of rotatable bonds is 19. The quantitative estimate of drug-likeness (QED) is 0.165. The Kier molecular flexibility index (Phi) is 15.5. The van der Waals surface area contributed by atoms with Crippen LogP contribution >= 0.6 is 0 Å². The van der Waals surface area contributed by atoms with Crippen molar-refractivity contribution in [2.75, 3.05) is 0 Å². The van der Waals surface area contributed by atoms with Crippen LogP contribution in [0.3, 0.4) is 0 Å². The van der Waals surface area contributed by atoms with Crippen molar-refractivity contribution in [3.63, 3.8) is 0 Å². The lowest BCUT2D eigenvalue weighted by molar-refractivity contribution is -0.123. The zero-order valence-corrected chi connectivity index (χ0v) is 26.5. The molecule has 0 radical (unpaired) electrons. The number of nitrogens with one attached hydrogen (secondary N) is 2. The molecular weight excluding hydrogens is 514 g/mol. The van der Waals surface area contributed by atoms with Crippen LogP contribution in [0.1, 0.15) is 145 Å². The van der Waals surface area contributed by atoms with Gasteiger partial charge in [-0.1, -0.05) is 146 Å². The van der Waals surface area contributed by atoms with Crippen LogP contribution in [0.15, 0.2) is 48.7 Å². The number of nitrogens with zero attached hydrogens (tertiary/aromatic N) is 1. The molecule has 2 aromatic rings. The molecule has 0 bridgehead atoms. The summed E-state index contributed by atoms with van der Waals surface area (Å²) >= 11 is 0. The molecule has 1 aromatic carbocycles. The highest BCUT2D eigenvalue weighted by molar-refractivity contribution is 5.81. The Morgan fingerprint density at radius 2 is 1.31 bits per heavy atom. The van der Waals surface area contributed by atoms with Crippen LogP contribution in [0.25, 0.3) is 0 Å². The van der Waals surface area contributed by atoms with Crippen molar-refractivity contribution in [1.29, 1.82) is 0 Å². The highest BCUT2D eigenvalue weighted by Crippen LogP contribution is 2.29. The van der Waals surface area contributed by atoms with Crippen LogP contribution in [0, 0.1) is 11.8 Å². The minimum atomic E-state index is -0.181. The average Bonchev–Trinajstić information content (AvgIpc) is 3.05. The molecule has 4 rings (SSSR count). The van der Waals surface area contributed by atoms with Gasteiger partial charge in [-0.15, -0.1) is 0 Å². The van der Waals surface area contributed by atoms with Gasteiger partial charge < -0.3 is 10.6 Å². The summed E-state index contributed by atoms with van der Waals surface area (Å²) in [5.74, 6) is 2.08. The summed E-state index contributed by atoms with van der Waals surface area (Å²) in [6.07, 6.45) is 30.2. The van der Waals surface area contributed by atoms with Crippen LogP contribution < -0.4 is 10.6 Å². The fourth-order valence-electron chi connectivity index (χ4n) is 7.22. The second-order valence-electron chi connectivity index (χ2n) is 13.4. The summed E-state index contributed by atoms with van der Waals surface area (Å²) < 4.78 is 0. The number of unbranched alkanes of at least 4 members (excludes halogenated alkanes) is 5. The van der Waals surface area contributed by atoms with Crippen LogP contribution in [-0.4, -0.2) is 16.9 Å². The molecule has 0 saturated heterocycles. The highest BCUT2D eigenvalue weighted by atomic mass is 16.2. The van der Waals surface area contributed by atoms with E-state index in [0.29, 0.717) is 13.1 Å². The van der Waals surface area contributed by atoms with E-state index in [0.717, 1.165) is 36.8 Å². The Labute approximate surface area is 257 Å². The fourth-order valence-corrected chi connectivity index (χ4v) is 7.22.